The smallest absolute Gasteiger partial charge is 0.233 e. The number of thioether (sulfide) groups is 1. The lowest BCUT2D eigenvalue weighted by Gasteiger charge is -2.15. The Kier molecular flexibility index (Phi) is 4.80. The lowest BCUT2D eigenvalue weighted by atomic mass is 10.4. The zero-order chi connectivity index (χ0) is 14.5. The Morgan fingerprint density at radius 1 is 1.55 bits per heavy atom. The summed E-state index contributed by atoms with van der Waals surface area (Å²) in [6, 6.07) is 3.64. The molecule has 0 aliphatic heterocycles. The molecule has 0 aromatic carbocycles. The van der Waals surface area contributed by atoms with Crippen molar-refractivity contribution in [1.82, 2.24) is 19.7 Å². The van der Waals surface area contributed by atoms with E-state index in [1.54, 1.807) is 28.8 Å². The fraction of sp³-hybridized carbons (Fsp3) is 0.417. The van der Waals surface area contributed by atoms with Crippen molar-refractivity contribution in [3.63, 3.8) is 0 Å². The van der Waals surface area contributed by atoms with Crippen LogP contribution >= 0.6 is 11.8 Å². The van der Waals surface area contributed by atoms with E-state index < -0.39 is 0 Å². The fourth-order valence-electron chi connectivity index (χ4n) is 1.61. The van der Waals surface area contributed by atoms with Crippen LogP contribution in [0.3, 0.4) is 0 Å². The van der Waals surface area contributed by atoms with Crippen LogP contribution < -0.4 is 5.73 Å². The van der Waals surface area contributed by atoms with Gasteiger partial charge >= 0.3 is 0 Å². The van der Waals surface area contributed by atoms with E-state index in [1.165, 1.54) is 11.8 Å². The second-order valence-corrected chi connectivity index (χ2v) is 5.22. The molecule has 7 nitrogen and oxygen atoms in total. The van der Waals surface area contributed by atoms with Gasteiger partial charge in [-0.25, -0.2) is 0 Å². The predicted octanol–water partition coefficient (Wildman–Crippen LogP) is 0.617. The third kappa shape index (κ3) is 3.40. The molecule has 0 bridgehead atoms. The first-order chi connectivity index (χ1) is 9.61. The lowest BCUT2D eigenvalue weighted by Crippen LogP contribution is -2.27. The largest absolute Gasteiger partial charge is 0.467 e. The first kappa shape index (κ1) is 14.6. The van der Waals surface area contributed by atoms with Crippen molar-refractivity contribution in [2.45, 2.75) is 18.2 Å². The molecular weight excluding hydrogens is 278 g/mol. The summed E-state index contributed by atoms with van der Waals surface area (Å²) in [6.07, 6.45) is 1.59. The Balaban J connectivity index is 1.86. The number of rotatable bonds is 6. The maximum atomic E-state index is 12.0. The van der Waals surface area contributed by atoms with Gasteiger partial charge in [-0.15, -0.1) is 10.2 Å². The number of nitrogens with zero attached hydrogens (tertiary/aromatic N) is 4. The Bertz CT molecular complexity index is 566. The van der Waals surface area contributed by atoms with Crippen LogP contribution in [0.15, 0.2) is 28.0 Å². The van der Waals surface area contributed by atoms with Gasteiger partial charge in [0.15, 0.2) is 5.16 Å². The van der Waals surface area contributed by atoms with Gasteiger partial charge in [-0.05, 0) is 12.1 Å². The highest BCUT2D eigenvalue weighted by atomic mass is 32.2. The number of carbonyl (C=O) groups is 1. The average molecular weight is 295 g/mol. The van der Waals surface area contributed by atoms with Crippen molar-refractivity contribution < 1.29 is 9.21 Å². The summed E-state index contributed by atoms with van der Waals surface area (Å²) in [4.78, 5) is 13.6. The molecule has 2 rings (SSSR count). The van der Waals surface area contributed by atoms with Crippen LogP contribution in [0.1, 0.15) is 11.6 Å². The molecule has 0 radical (unpaired) electrons. The minimum Gasteiger partial charge on any atom is -0.467 e. The van der Waals surface area contributed by atoms with Crippen LogP contribution in [0.4, 0.5) is 0 Å². The zero-order valence-corrected chi connectivity index (χ0v) is 12.3. The third-order valence-electron chi connectivity index (χ3n) is 2.83. The highest BCUT2D eigenvalue weighted by Crippen LogP contribution is 2.16. The van der Waals surface area contributed by atoms with Crippen molar-refractivity contribution >= 4 is 17.7 Å². The highest BCUT2D eigenvalue weighted by Gasteiger charge is 2.14. The number of hydrogen-bond acceptors (Lipinski definition) is 6. The molecule has 2 aromatic rings. The first-order valence-corrected chi connectivity index (χ1v) is 7.08. The minimum atomic E-state index is 0.00342. The molecule has 0 spiro atoms. The van der Waals surface area contributed by atoms with Crippen LogP contribution in [0, 0.1) is 0 Å². The van der Waals surface area contributed by atoms with Gasteiger partial charge in [0.25, 0.3) is 0 Å². The molecule has 0 aliphatic carbocycles. The Morgan fingerprint density at radius 3 is 2.95 bits per heavy atom. The van der Waals surface area contributed by atoms with E-state index >= 15 is 0 Å². The number of furan rings is 1. The molecule has 1 amide bonds. The quantitative estimate of drug-likeness (QED) is 0.786. The molecule has 20 heavy (non-hydrogen) atoms. The molecule has 0 fully saturated rings. The van der Waals surface area contributed by atoms with Crippen LogP contribution in [0.2, 0.25) is 0 Å². The molecule has 8 heteroatoms. The summed E-state index contributed by atoms with van der Waals surface area (Å²) in [5.41, 5.74) is 5.53. The van der Waals surface area contributed by atoms with Gasteiger partial charge in [-0.2, -0.15) is 0 Å². The molecule has 0 saturated heterocycles. The molecule has 0 atom stereocenters. The Labute approximate surface area is 121 Å². The van der Waals surface area contributed by atoms with Gasteiger partial charge in [0.1, 0.15) is 11.6 Å². The summed E-state index contributed by atoms with van der Waals surface area (Å²) >= 11 is 1.34. The van der Waals surface area contributed by atoms with Crippen LogP contribution in [-0.4, -0.2) is 38.4 Å². The number of aromatic nitrogens is 3. The number of carbonyl (C=O) groups excluding carboxylic acids is 1. The monoisotopic (exact) mass is 295 g/mol. The maximum absolute atomic E-state index is 12.0. The maximum Gasteiger partial charge on any atom is 0.233 e. The van der Waals surface area contributed by atoms with Crippen LogP contribution in [0.5, 0.6) is 0 Å². The van der Waals surface area contributed by atoms with Gasteiger partial charge in [-0.1, -0.05) is 11.8 Å². The predicted molar refractivity (Wildman–Crippen MR) is 74.8 cm³/mol. The topological polar surface area (TPSA) is 90.2 Å². The van der Waals surface area contributed by atoms with Gasteiger partial charge in [0.05, 0.1) is 25.1 Å². The zero-order valence-electron chi connectivity index (χ0n) is 11.4. The Morgan fingerprint density at radius 2 is 2.35 bits per heavy atom. The van der Waals surface area contributed by atoms with Crippen LogP contribution in [0.25, 0.3) is 0 Å². The van der Waals surface area contributed by atoms with Crippen molar-refractivity contribution in [2.75, 3.05) is 12.8 Å². The minimum absolute atomic E-state index is 0.00342. The van der Waals surface area contributed by atoms with Crippen LogP contribution in [-0.2, 0) is 24.9 Å². The van der Waals surface area contributed by atoms with E-state index in [9.17, 15) is 4.79 Å². The number of amides is 1. The van der Waals surface area contributed by atoms with E-state index in [2.05, 4.69) is 10.2 Å². The SMILES string of the molecule is CN(Cc1ccco1)C(=O)CSc1nnc(CN)n1C. The second-order valence-electron chi connectivity index (χ2n) is 4.28. The van der Waals surface area contributed by atoms with E-state index in [0.29, 0.717) is 29.8 Å². The van der Waals surface area contributed by atoms with Gasteiger partial charge in [-0.3, -0.25) is 4.79 Å². The molecule has 2 heterocycles. The van der Waals surface area contributed by atoms with E-state index in [4.69, 9.17) is 10.2 Å². The summed E-state index contributed by atoms with van der Waals surface area (Å²) in [5, 5.41) is 8.63. The summed E-state index contributed by atoms with van der Waals surface area (Å²) < 4.78 is 7.01. The van der Waals surface area contributed by atoms with Gasteiger partial charge in [0, 0.05) is 14.1 Å². The summed E-state index contributed by atoms with van der Waals surface area (Å²) in [7, 11) is 3.58. The third-order valence-corrected chi connectivity index (χ3v) is 3.84. The first-order valence-electron chi connectivity index (χ1n) is 6.09. The number of hydrogen-bond donors (Lipinski definition) is 1. The average Bonchev–Trinajstić information content (AvgIpc) is 3.06. The van der Waals surface area contributed by atoms with Gasteiger partial charge < -0.3 is 19.6 Å². The van der Waals surface area contributed by atoms with Crippen molar-refractivity contribution in [3.8, 4) is 0 Å². The second kappa shape index (κ2) is 6.58. The highest BCUT2D eigenvalue weighted by molar-refractivity contribution is 7.99. The fourth-order valence-corrected chi connectivity index (χ4v) is 2.48. The molecule has 0 aliphatic rings. The Hall–Kier alpha value is -1.80. The lowest BCUT2D eigenvalue weighted by molar-refractivity contribution is -0.127. The summed E-state index contributed by atoms with van der Waals surface area (Å²) in [5.74, 6) is 1.76. The van der Waals surface area contributed by atoms with E-state index in [0.717, 1.165) is 5.76 Å². The molecule has 0 saturated carbocycles. The molecule has 2 N–H and O–H groups in total. The normalized spacial score (nSPS) is 10.8. The molecular formula is C12H17N5O2S. The van der Waals surface area contributed by atoms with Crippen molar-refractivity contribution in [1.29, 1.82) is 0 Å². The van der Waals surface area contributed by atoms with Crippen molar-refractivity contribution in [2.24, 2.45) is 12.8 Å². The van der Waals surface area contributed by atoms with Gasteiger partial charge in [0.2, 0.25) is 5.91 Å². The standard InChI is InChI=1S/C12H17N5O2S/c1-16(7-9-4-3-5-19-9)11(18)8-20-12-15-14-10(6-13)17(12)2/h3-5H,6-8,13H2,1-2H3. The van der Waals surface area contributed by atoms with E-state index in [-0.39, 0.29) is 5.91 Å². The number of nitrogens with two attached hydrogens (primary N) is 1. The molecule has 2 aromatic heterocycles. The molecule has 0 unspecified atom stereocenters. The molecule has 108 valence electrons. The summed E-state index contributed by atoms with van der Waals surface area (Å²) in [6.45, 7) is 0.787. The van der Waals surface area contributed by atoms with Crippen molar-refractivity contribution in [3.05, 3.63) is 30.0 Å². The van der Waals surface area contributed by atoms with E-state index in [1.807, 2.05) is 13.1 Å².